The molecule has 2 aliphatic heterocycles. The molecule has 4 heterocycles. The highest BCUT2D eigenvalue weighted by Crippen LogP contribution is 2.34. The van der Waals surface area contributed by atoms with Gasteiger partial charge in [-0.05, 0) is 106 Å². The molecule has 0 bridgehead atoms. The van der Waals surface area contributed by atoms with Gasteiger partial charge in [-0.3, -0.25) is 14.6 Å². The van der Waals surface area contributed by atoms with Gasteiger partial charge in [0.15, 0.2) is 0 Å². The van der Waals surface area contributed by atoms with Gasteiger partial charge in [0.25, 0.3) is 11.8 Å². The second kappa shape index (κ2) is 11.0. The molecule has 192 valence electrons. The maximum absolute atomic E-state index is 14.0. The molecule has 36 heavy (non-hydrogen) atoms. The Labute approximate surface area is 219 Å². The molecule has 2 amide bonds. The van der Waals surface area contributed by atoms with Crippen molar-refractivity contribution in [3.63, 3.8) is 0 Å². The summed E-state index contributed by atoms with van der Waals surface area (Å²) in [5.74, 6) is 1.12. The summed E-state index contributed by atoms with van der Waals surface area (Å²) in [5, 5.41) is 4.13. The van der Waals surface area contributed by atoms with Crippen LogP contribution in [0.2, 0.25) is 0 Å². The van der Waals surface area contributed by atoms with Crippen LogP contribution in [0, 0.1) is 11.8 Å². The minimum atomic E-state index is -1.18. The molecule has 2 N–H and O–H groups in total. The summed E-state index contributed by atoms with van der Waals surface area (Å²) in [6.45, 7) is 5.63. The molecule has 2 fully saturated rings. The van der Waals surface area contributed by atoms with E-state index in [0.29, 0.717) is 11.5 Å². The Hall–Kier alpha value is -2.90. The summed E-state index contributed by atoms with van der Waals surface area (Å²) in [4.78, 5) is 38.9. The molecule has 7 nitrogen and oxygen atoms in total. The summed E-state index contributed by atoms with van der Waals surface area (Å²) in [6, 6.07) is 11.2. The molecule has 0 aliphatic carbocycles. The summed E-state index contributed by atoms with van der Waals surface area (Å²) in [6.07, 6.45) is 9.77. The smallest absolute Gasteiger partial charge is 0.252 e. The number of rotatable bonds is 5. The van der Waals surface area contributed by atoms with Crippen molar-refractivity contribution < 1.29 is 9.59 Å². The van der Waals surface area contributed by atoms with Crippen molar-refractivity contribution in [2.45, 2.75) is 38.1 Å². The third kappa shape index (κ3) is 5.27. The van der Waals surface area contributed by atoms with Crippen LogP contribution in [0.5, 0.6) is 0 Å². The maximum atomic E-state index is 14.0. The summed E-state index contributed by atoms with van der Waals surface area (Å²) in [7, 11) is 2.20. The fourth-order valence-electron chi connectivity index (χ4n) is 5.81. The second-order valence-corrected chi connectivity index (χ2v) is 10.4. The maximum Gasteiger partial charge on any atom is 0.252 e. The van der Waals surface area contributed by atoms with E-state index in [0.717, 1.165) is 48.3 Å². The third-order valence-corrected chi connectivity index (χ3v) is 8.12. The first-order valence-corrected chi connectivity index (χ1v) is 12.7. The normalized spacial score (nSPS) is 19.4. The number of halogens is 1. The van der Waals surface area contributed by atoms with Gasteiger partial charge in [-0.15, -0.1) is 12.4 Å². The van der Waals surface area contributed by atoms with Gasteiger partial charge < -0.3 is 20.1 Å². The topological polar surface area (TPSA) is 81.3 Å². The van der Waals surface area contributed by atoms with Gasteiger partial charge >= 0.3 is 0 Å². The molecular formula is C28H36ClN5O2. The lowest BCUT2D eigenvalue weighted by atomic mass is 9.78. The monoisotopic (exact) mass is 509 g/mol. The highest BCUT2D eigenvalue weighted by atomic mass is 35.5. The zero-order valence-electron chi connectivity index (χ0n) is 21.1. The fraction of sp³-hybridized carbons (Fsp3) is 0.464. The average Bonchev–Trinajstić information content (AvgIpc) is 3.37. The van der Waals surface area contributed by atoms with E-state index < -0.39 is 5.54 Å². The number of hydrogen-bond acceptors (Lipinski definition) is 4. The Morgan fingerprint density at radius 2 is 1.61 bits per heavy atom. The zero-order chi connectivity index (χ0) is 24.4. The fourth-order valence-corrected chi connectivity index (χ4v) is 5.81. The molecule has 2 saturated heterocycles. The van der Waals surface area contributed by atoms with Gasteiger partial charge in [0.2, 0.25) is 0 Å². The van der Waals surface area contributed by atoms with Crippen LogP contribution in [-0.4, -0.2) is 64.8 Å². The van der Waals surface area contributed by atoms with Gasteiger partial charge in [0.05, 0.1) is 0 Å². The molecule has 8 heteroatoms. The number of H-pyrrole nitrogens is 1. The lowest BCUT2D eigenvalue weighted by Gasteiger charge is -2.42. The summed E-state index contributed by atoms with van der Waals surface area (Å²) in [5.41, 5.74) is 0.981. The van der Waals surface area contributed by atoms with Crippen molar-refractivity contribution in [2.75, 3.05) is 33.2 Å². The highest BCUT2D eigenvalue weighted by Gasteiger charge is 2.42. The van der Waals surface area contributed by atoms with Crippen molar-refractivity contribution in [3.05, 3.63) is 66.1 Å². The van der Waals surface area contributed by atoms with Crippen LogP contribution >= 0.6 is 12.4 Å². The van der Waals surface area contributed by atoms with Crippen LogP contribution in [0.1, 0.15) is 48.5 Å². The van der Waals surface area contributed by atoms with Gasteiger partial charge in [-0.2, -0.15) is 0 Å². The Balaban J connectivity index is 0.00000304. The van der Waals surface area contributed by atoms with E-state index in [4.69, 9.17) is 0 Å². The number of benzene rings is 1. The van der Waals surface area contributed by atoms with Crippen LogP contribution < -0.4 is 5.32 Å². The lowest BCUT2D eigenvalue weighted by Crippen LogP contribution is -2.57. The molecule has 2 aromatic heterocycles. The minimum Gasteiger partial charge on any atom is -0.361 e. The Kier molecular flexibility index (Phi) is 8.00. The molecule has 0 spiro atoms. The summed E-state index contributed by atoms with van der Waals surface area (Å²) < 4.78 is 0. The van der Waals surface area contributed by atoms with Crippen molar-refractivity contribution >= 4 is 35.1 Å². The molecule has 2 aliphatic rings. The number of fused-ring (bicyclic) bond motifs is 1. The standard InChI is InChI=1S/C28H35N5O2.ClH/c1-28(24-6-12-29-13-7-24,31-26(34)23-4-3-22-5-14-30-25(22)19-23)27(35)33-17-10-21(11-18-33)20-8-15-32(2)16-9-20;/h3-7,12-14,19-21,30H,8-11,15-18H2,1-2H3,(H,31,34);1H/t28-;/m0./s1. The van der Waals surface area contributed by atoms with Crippen molar-refractivity contribution in [3.8, 4) is 0 Å². The van der Waals surface area contributed by atoms with Gasteiger partial charge in [0, 0.05) is 42.8 Å². The largest absolute Gasteiger partial charge is 0.361 e. The van der Waals surface area contributed by atoms with Crippen molar-refractivity contribution in [1.29, 1.82) is 0 Å². The molecule has 1 atom stereocenters. The van der Waals surface area contributed by atoms with E-state index in [9.17, 15) is 9.59 Å². The molecule has 5 rings (SSSR count). The number of hydrogen-bond donors (Lipinski definition) is 2. The van der Waals surface area contributed by atoms with Gasteiger partial charge in [-0.1, -0.05) is 6.07 Å². The van der Waals surface area contributed by atoms with Crippen LogP contribution in [0.4, 0.5) is 0 Å². The number of nitrogens with one attached hydrogen (secondary N) is 2. The van der Waals surface area contributed by atoms with Gasteiger partial charge in [0.1, 0.15) is 5.54 Å². The Morgan fingerprint density at radius 1 is 0.972 bits per heavy atom. The molecule has 1 aromatic carbocycles. The Morgan fingerprint density at radius 3 is 2.28 bits per heavy atom. The lowest BCUT2D eigenvalue weighted by molar-refractivity contribution is -0.139. The SMILES string of the molecule is CN1CCC(C2CCN(C(=O)[C@@](C)(NC(=O)c3ccc4cc[nH]c4c3)c3ccncc3)CC2)CC1.Cl. The zero-order valence-corrected chi connectivity index (χ0v) is 21.9. The first-order chi connectivity index (χ1) is 16.9. The average molecular weight is 510 g/mol. The second-order valence-electron chi connectivity index (χ2n) is 10.4. The van der Waals surface area contributed by atoms with Crippen LogP contribution in [0.15, 0.2) is 55.0 Å². The highest BCUT2D eigenvalue weighted by molar-refractivity contribution is 6.01. The van der Waals surface area contributed by atoms with E-state index in [1.54, 1.807) is 18.5 Å². The van der Waals surface area contributed by atoms with Crippen LogP contribution in [0.3, 0.4) is 0 Å². The minimum absolute atomic E-state index is 0. The number of aromatic amines is 1. The number of aromatic nitrogens is 2. The van der Waals surface area contributed by atoms with Crippen molar-refractivity contribution in [2.24, 2.45) is 11.8 Å². The first kappa shape index (κ1) is 26.2. The summed E-state index contributed by atoms with van der Waals surface area (Å²) >= 11 is 0. The number of nitrogens with zero attached hydrogens (tertiary/aromatic N) is 3. The molecule has 3 aromatic rings. The van der Waals surface area contributed by atoms with E-state index in [1.165, 1.54) is 25.9 Å². The first-order valence-electron chi connectivity index (χ1n) is 12.7. The molecule has 0 saturated carbocycles. The van der Waals surface area contributed by atoms with E-state index in [2.05, 4.69) is 27.2 Å². The van der Waals surface area contributed by atoms with Crippen molar-refractivity contribution in [1.82, 2.24) is 25.1 Å². The Bertz CT molecular complexity index is 1180. The number of carbonyl (C=O) groups is 2. The number of carbonyl (C=O) groups excluding carboxylic acids is 2. The van der Waals surface area contributed by atoms with Crippen LogP contribution in [0.25, 0.3) is 10.9 Å². The predicted octanol–water partition coefficient (Wildman–Crippen LogP) is 4.21. The molecule has 0 unspecified atom stereocenters. The number of pyridine rings is 1. The molecular weight excluding hydrogens is 474 g/mol. The van der Waals surface area contributed by atoms with E-state index in [-0.39, 0.29) is 24.2 Å². The number of amides is 2. The predicted molar refractivity (Wildman–Crippen MR) is 144 cm³/mol. The van der Waals surface area contributed by atoms with E-state index in [1.807, 2.05) is 48.4 Å². The van der Waals surface area contributed by atoms with Gasteiger partial charge in [-0.25, -0.2) is 0 Å². The number of likely N-dealkylation sites (tertiary alicyclic amines) is 2. The molecule has 0 radical (unpaired) electrons. The van der Waals surface area contributed by atoms with Crippen LogP contribution in [-0.2, 0) is 10.3 Å². The number of piperidine rings is 2. The quantitative estimate of drug-likeness (QED) is 0.540. The third-order valence-electron chi connectivity index (χ3n) is 8.12. The van der Waals surface area contributed by atoms with E-state index >= 15 is 0 Å².